The first-order valence-electron chi connectivity index (χ1n) is 8.38. The molecule has 8 heteroatoms. The first kappa shape index (κ1) is 19.9. The third kappa shape index (κ3) is 5.55. The third-order valence-corrected chi connectivity index (χ3v) is 3.81. The number of nitrogens with two attached hydrogens (primary N) is 1. The first-order chi connectivity index (χ1) is 12.9. The van der Waals surface area contributed by atoms with Crippen LogP contribution in [0, 0.1) is 0 Å². The standard InChI is InChI=1S/C19H21N3O5/c20-9-1-2-10-21-17(24)12-3-5-13(6-4-12)18(25)22-14-7-8-16(23)15(11-14)19(26)27/h3-8,11,23H,1-2,9-10,20H2,(H,21,24)(H,22,25)(H,26,27). The minimum absolute atomic E-state index is 0.233. The van der Waals surface area contributed by atoms with E-state index in [0.29, 0.717) is 24.2 Å². The van der Waals surface area contributed by atoms with Crippen molar-refractivity contribution in [2.45, 2.75) is 12.8 Å². The van der Waals surface area contributed by atoms with Gasteiger partial charge in [-0.15, -0.1) is 0 Å². The summed E-state index contributed by atoms with van der Waals surface area (Å²) in [5, 5.41) is 23.8. The van der Waals surface area contributed by atoms with Gasteiger partial charge in [-0.25, -0.2) is 4.79 Å². The molecule has 0 radical (unpaired) electrons. The number of unbranched alkanes of at least 4 members (excludes halogenated alkanes) is 1. The van der Waals surface area contributed by atoms with Crippen LogP contribution < -0.4 is 16.4 Å². The molecule has 0 saturated heterocycles. The average molecular weight is 371 g/mol. The molecular formula is C19H21N3O5. The topological polar surface area (TPSA) is 142 Å². The number of aromatic carboxylic acids is 1. The highest BCUT2D eigenvalue weighted by atomic mass is 16.4. The molecular weight excluding hydrogens is 350 g/mol. The van der Waals surface area contributed by atoms with Crippen molar-refractivity contribution in [1.82, 2.24) is 5.32 Å². The van der Waals surface area contributed by atoms with Gasteiger partial charge in [-0.3, -0.25) is 9.59 Å². The zero-order chi connectivity index (χ0) is 19.8. The van der Waals surface area contributed by atoms with Crippen molar-refractivity contribution in [2.75, 3.05) is 18.4 Å². The summed E-state index contributed by atoms with van der Waals surface area (Å²) in [7, 11) is 0. The molecule has 0 aliphatic carbocycles. The first-order valence-corrected chi connectivity index (χ1v) is 8.38. The van der Waals surface area contributed by atoms with Gasteiger partial charge < -0.3 is 26.6 Å². The number of nitrogens with one attached hydrogen (secondary N) is 2. The molecule has 6 N–H and O–H groups in total. The number of anilines is 1. The number of carboxylic acids is 1. The SMILES string of the molecule is NCCCCNC(=O)c1ccc(C(=O)Nc2ccc(O)c(C(=O)O)c2)cc1. The maximum Gasteiger partial charge on any atom is 0.339 e. The van der Waals surface area contributed by atoms with Crippen LogP contribution in [-0.2, 0) is 0 Å². The van der Waals surface area contributed by atoms with Crippen LogP contribution in [0.1, 0.15) is 43.9 Å². The predicted octanol–water partition coefficient (Wildman–Crippen LogP) is 1.81. The lowest BCUT2D eigenvalue weighted by Crippen LogP contribution is -2.25. The van der Waals surface area contributed by atoms with Gasteiger partial charge in [0, 0.05) is 23.4 Å². The molecule has 0 atom stereocenters. The van der Waals surface area contributed by atoms with E-state index < -0.39 is 11.9 Å². The minimum Gasteiger partial charge on any atom is -0.507 e. The average Bonchev–Trinajstić information content (AvgIpc) is 2.66. The van der Waals surface area contributed by atoms with Crippen LogP contribution in [0.5, 0.6) is 5.75 Å². The number of hydrogen-bond acceptors (Lipinski definition) is 5. The van der Waals surface area contributed by atoms with Gasteiger partial charge in [-0.05, 0) is 61.9 Å². The van der Waals surface area contributed by atoms with Crippen molar-refractivity contribution < 1.29 is 24.6 Å². The van der Waals surface area contributed by atoms with Gasteiger partial charge in [-0.2, -0.15) is 0 Å². The van der Waals surface area contributed by atoms with Crippen LogP contribution in [0.3, 0.4) is 0 Å². The summed E-state index contributed by atoms with van der Waals surface area (Å²) < 4.78 is 0. The number of carboxylic acid groups (broad SMARTS) is 1. The molecule has 0 fully saturated rings. The molecule has 0 aliphatic rings. The fourth-order valence-electron chi connectivity index (χ4n) is 2.33. The maximum absolute atomic E-state index is 12.3. The molecule has 0 aliphatic heterocycles. The highest BCUT2D eigenvalue weighted by Crippen LogP contribution is 2.22. The van der Waals surface area contributed by atoms with E-state index in [-0.39, 0.29) is 22.9 Å². The van der Waals surface area contributed by atoms with E-state index in [9.17, 15) is 19.5 Å². The second kappa shape index (κ2) is 9.35. The van der Waals surface area contributed by atoms with E-state index in [1.807, 2.05) is 0 Å². The molecule has 27 heavy (non-hydrogen) atoms. The normalized spacial score (nSPS) is 10.3. The zero-order valence-corrected chi connectivity index (χ0v) is 14.6. The lowest BCUT2D eigenvalue weighted by molar-refractivity contribution is 0.0693. The second-order valence-electron chi connectivity index (χ2n) is 5.82. The number of amides is 2. The molecule has 0 spiro atoms. The summed E-state index contributed by atoms with van der Waals surface area (Å²) in [6.45, 7) is 1.11. The molecule has 142 valence electrons. The Hall–Kier alpha value is -3.39. The molecule has 2 aromatic rings. The van der Waals surface area contributed by atoms with Gasteiger partial charge in [0.15, 0.2) is 0 Å². The van der Waals surface area contributed by atoms with Gasteiger partial charge >= 0.3 is 5.97 Å². The van der Waals surface area contributed by atoms with E-state index in [1.54, 1.807) is 0 Å². The number of hydrogen-bond donors (Lipinski definition) is 5. The Kier molecular flexibility index (Phi) is 6.90. The van der Waals surface area contributed by atoms with Crippen molar-refractivity contribution in [3.63, 3.8) is 0 Å². The Balaban J connectivity index is 2.00. The van der Waals surface area contributed by atoms with E-state index in [4.69, 9.17) is 10.8 Å². The highest BCUT2D eigenvalue weighted by molar-refractivity contribution is 6.05. The van der Waals surface area contributed by atoms with Gasteiger partial charge in [-0.1, -0.05) is 0 Å². The maximum atomic E-state index is 12.3. The van der Waals surface area contributed by atoms with Crippen LogP contribution in [0.15, 0.2) is 42.5 Å². The van der Waals surface area contributed by atoms with Crippen molar-refractivity contribution in [2.24, 2.45) is 5.73 Å². The summed E-state index contributed by atoms with van der Waals surface area (Å²) in [5.41, 5.74) is 6.05. The summed E-state index contributed by atoms with van der Waals surface area (Å²) in [6, 6.07) is 9.82. The van der Waals surface area contributed by atoms with Crippen LogP contribution in [0.2, 0.25) is 0 Å². The molecule has 0 heterocycles. The van der Waals surface area contributed by atoms with Crippen molar-refractivity contribution in [1.29, 1.82) is 0 Å². The Morgan fingerprint density at radius 3 is 2.15 bits per heavy atom. The third-order valence-electron chi connectivity index (χ3n) is 3.81. The van der Waals surface area contributed by atoms with E-state index in [1.165, 1.54) is 42.5 Å². The summed E-state index contributed by atoms with van der Waals surface area (Å²) in [4.78, 5) is 35.3. The lowest BCUT2D eigenvalue weighted by atomic mass is 10.1. The van der Waals surface area contributed by atoms with E-state index >= 15 is 0 Å². The van der Waals surface area contributed by atoms with Crippen LogP contribution in [0.25, 0.3) is 0 Å². The number of carbonyl (C=O) groups excluding carboxylic acids is 2. The summed E-state index contributed by atoms with van der Waals surface area (Å²) in [6.07, 6.45) is 1.63. The highest BCUT2D eigenvalue weighted by Gasteiger charge is 2.13. The van der Waals surface area contributed by atoms with E-state index in [2.05, 4.69) is 10.6 Å². The lowest BCUT2D eigenvalue weighted by Gasteiger charge is -2.08. The molecule has 0 unspecified atom stereocenters. The number of benzene rings is 2. The smallest absolute Gasteiger partial charge is 0.339 e. The molecule has 2 rings (SSSR count). The van der Waals surface area contributed by atoms with Crippen LogP contribution in [0.4, 0.5) is 5.69 Å². The molecule has 8 nitrogen and oxygen atoms in total. The van der Waals surface area contributed by atoms with Crippen molar-refractivity contribution in [3.05, 3.63) is 59.2 Å². The summed E-state index contributed by atoms with van der Waals surface area (Å²) >= 11 is 0. The van der Waals surface area contributed by atoms with Gasteiger partial charge in [0.25, 0.3) is 11.8 Å². The fourth-order valence-corrected chi connectivity index (χ4v) is 2.33. The largest absolute Gasteiger partial charge is 0.507 e. The Morgan fingerprint density at radius 1 is 0.926 bits per heavy atom. The molecule has 0 bridgehead atoms. The second-order valence-corrected chi connectivity index (χ2v) is 5.82. The van der Waals surface area contributed by atoms with Gasteiger partial charge in [0.2, 0.25) is 0 Å². The number of aromatic hydroxyl groups is 1. The predicted molar refractivity (Wildman–Crippen MR) is 100 cm³/mol. The van der Waals surface area contributed by atoms with Crippen LogP contribution >= 0.6 is 0 Å². The minimum atomic E-state index is -1.30. The molecule has 2 aromatic carbocycles. The van der Waals surface area contributed by atoms with Crippen LogP contribution in [-0.4, -0.2) is 41.1 Å². The fraction of sp³-hybridized carbons (Fsp3) is 0.211. The van der Waals surface area contributed by atoms with Gasteiger partial charge in [0.1, 0.15) is 11.3 Å². The Morgan fingerprint density at radius 2 is 1.56 bits per heavy atom. The van der Waals surface area contributed by atoms with Crippen molar-refractivity contribution in [3.8, 4) is 5.75 Å². The molecule has 0 aromatic heterocycles. The Bertz CT molecular complexity index is 834. The number of carbonyl (C=O) groups is 3. The Labute approximate surface area is 156 Å². The molecule has 2 amide bonds. The molecule has 0 saturated carbocycles. The van der Waals surface area contributed by atoms with Crippen molar-refractivity contribution >= 4 is 23.5 Å². The monoisotopic (exact) mass is 371 g/mol. The van der Waals surface area contributed by atoms with E-state index in [0.717, 1.165) is 12.8 Å². The summed E-state index contributed by atoms with van der Waals surface area (Å²) in [5.74, 6) is -2.39. The quantitative estimate of drug-likeness (QED) is 0.354. The zero-order valence-electron chi connectivity index (χ0n) is 14.6. The number of phenols is 1. The number of rotatable bonds is 8. The van der Waals surface area contributed by atoms with Gasteiger partial charge in [0.05, 0.1) is 0 Å².